The summed E-state index contributed by atoms with van der Waals surface area (Å²) >= 11 is 6.14. The summed E-state index contributed by atoms with van der Waals surface area (Å²) in [6.45, 7) is 2.08. The van der Waals surface area contributed by atoms with Gasteiger partial charge in [0.1, 0.15) is 0 Å². The fourth-order valence-electron chi connectivity index (χ4n) is 1.60. The number of benzene rings is 1. The van der Waals surface area contributed by atoms with E-state index in [4.69, 9.17) is 26.8 Å². The lowest BCUT2D eigenvalue weighted by Crippen LogP contribution is -2.10. The van der Waals surface area contributed by atoms with E-state index in [1.165, 1.54) is 14.2 Å². The largest absolute Gasteiger partial charge is 0.493 e. The molecule has 0 saturated carbocycles. The highest BCUT2D eigenvalue weighted by molar-refractivity contribution is 6.33. The van der Waals surface area contributed by atoms with Crippen LogP contribution in [0.5, 0.6) is 11.5 Å². The van der Waals surface area contributed by atoms with E-state index in [2.05, 4.69) is 0 Å². The maximum absolute atomic E-state index is 11.9. The third-order valence-electron chi connectivity index (χ3n) is 2.53. The highest BCUT2D eigenvalue weighted by Crippen LogP contribution is 2.39. The molecule has 0 amide bonds. The number of ether oxygens (including phenoxy) is 2. The van der Waals surface area contributed by atoms with Crippen molar-refractivity contribution in [3.8, 4) is 11.5 Å². The van der Waals surface area contributed by atoms with Gasteiger partial charge in [-0.2, -0.15) is 0 Å². The van der Waals surface area contributed by atoms with Crippen molar-refractivity contribution in [1.82, 2.24) is 0 Å². The van der Waals surface area contributed by atoms with E-state index in [0.29, 0.717) is 34.2 Å². The molecule has 0 aliphatic rings. The summed E-state index contributed by atoms with van der Waals surface area (Å²) in [5, 5.41) is 0.396. The third kappa shape index (κ3) is 2.70. The first-order chi connectivity index (χ1) is 8.06. The Morgan fingerprint density at radius 2 is 2.06 bits per heavy atom. The molecule has 94 valence electrons. The predicted molar refractivity (Wildman–Crippen MR) is 67.3 cm³/mol. The Kier molecular flexibility index (Phi) is 4.78. The van der Waals surface area contributed by atoms with Gasteiger partial charge in [-0.05, 0) is 25.1 Å². The molecular formula is C12H16ClNO3. The molecule has 0 bridgehead atoms. The molecule has 0 aliphatic carbocycles. The Balaban J connectivity index is 3.34. The van der Waals surface area contributed by atoms with Crippen molar-refractivity contribution in [1.29, 1.82) is 0 Å². The van der Waals surface area contributed by atoms with Crippen molar-refractivity contribution in [2.45, 2.75) is 13.3 Å². The quantitative estimate of drug-likeness (QED) is 0.822. The summed E-state index contributed by atoms with van der Waals surface area (Å²) in [7, 11) is 3.01. The topological polar surface area (TPSA) is 61.5 Å². The van der Waals surface area contributed by atoms with Gasteiger partial charge in [-0.1, -0.05) is 11.6 Å². The second-order valence-electron chi connectivity index (χ2n) is 3.56. The average Bonchev–Trinajstić information content (AvgIpc) is 2.32. The van der Waals surface area contributed by atoms with Gasteiger partial charge in [-0.15, -0.1) is 0 Å². The first-order valence-corrected chi connectivity index (χ1v) is 5.58. The molecule has 0 unspecified atom stereocenters. The van der Waals surface area contributed by atoms with Crippen LogP contribution in [0.4, 0.5) is 0 Å². The number of Topliss-reactive ketones (excluding diaryl/α,β-unsaturated/α-hetero) is 1. The molecule has 17 heavy (non-hydrogen) atoms. The van der Waals surface area contributed by atoms with E-state index >= 15 is 0 Å². The van der Waals surface area contributed by atoms with Gasteiger partial charge in [0.2, 0.25) is 0 Å². The highest BCUT2D eigenvalue weighted by atomic mass is 35.5. The van der Waals surface area contributed by atoms with Gasteiger partial charge in [0, 0.05) is 12.0 Å². The van der Waals surface area contributed by atoms with E-state index in [1.807, 2.05) is 0 Å². The lowest BCUT2D eigenvalue weighted by Gasteiger charge is -2.14. The number of halogens is 1. The van der Waals surface area contributed by atoms with Crippen LogP contribution in [0.15, 0.2) is 6.07 Å². The molecule has 0 aromatic heterocycles. The van der Waals surface area contributed by atoms with Crippen LogP contribution in [0.2, 0.25) is 5.02 Å². The summed E-state index contributed by atoms with van der Waals surface area (Å²) in [6, 6.07) is 1.64. The number of carbonyl (C=O) groups is 1. The number of hydrogen-bond donors (Lipinski definition) is 1. The van der Waals surface area contributed by atoms with E-state index in [0.717, 1.165) is 0 Å². The van der Waals surface area contributed by atoms with Crippen LogP contribution >= 0.6 is 11.6 Å². The molecule has 1 aromatic rings. The van der Waals surface area contributed by atoms with Crippen LogP contribution in [-0.2, 0) is 0 Å². The molecule has 0 fully saturated rings. The summed E-state index contributed by atoms with van der Waals surface area (Å²) in [5.74, 6) is 0.840. The molecule has 0 radical (unpaired) electrons. The van der Waals surface area contributed by atoms with Crippen molar-refractivity contribution in [2.75, 3.05) is 20.8 Å². The average molecular weight is 258 g/mol. The molecule has 0 spiro atoms. The monoisotopic (exact) mass is 257 g/mol. The Morgan fingerprint density at radius 1 is 1.41 bits per heavy atom. The van der Waals surface area contributed by atoms with Gasteiger partial charge >= 0.3 is 0 Å². The van der Waals surface area contributed by atoms with Crippen LogP contribution in [-0.4, -0.2) is 26.5 Å². The molecular weight excluding hydrogens is 242 g/mol. The molecule has 2 N–H and O–H groups in total. The second kappa shape index (κ2) is 5.89. The Hall–Kier alpha value is -1.26. The van der Waals surface area contributed by atoms with Crippen molar-refractivity contribution in [3.63, 3.8) is 0 Å². The summed E-state index contributed by atoms with van der Waals surface area (Å²) in [4.78, 5) is 11.9. The Morgan fingerprint density at radius 3 is 2.53 bits per heavy atom. The van der Waals surface area contributed by atoms with Crippen LogP contribution in [0.1, 0.15) is 22.3 Å². The van der Waals surface area contributed by atoms with Crippen LogP contribution in [0, 0.1) is 6.92 Å². The van der Waals surface area contributed by atoms with Gasteiger partial charge in [0.05, 0.1) is 19.2 Å². The molecule has 1 aromatic carbocycles. The van der Waals surface area contributed by atoms with Crippen molar-refractivity contribution >= 4 is 17.4 Å². The number of carbonyl (C=O) groups excluding carboxylic acids is 1. The van der Waals surface area contributed by atoms with E-state index in [9.17, 15) is 4.79 Å². The summed E-state index contributed by atoms with van der Waals surface area (Å²) < 4.78 is 10.3. The molecule has 0 heterocycles. The van der Waals surface area contributed by atoms with E-state index in [1.54, 1.807) is 13.0 Å². The Bertz CT molecular complexity index is 432. The minimum atomic E-state index is -0.0483. The SMILES string of the molecule is COc1cc(C(=O)CCN)c(C)c(Cl)c1OC. The van der Waals surface area contributed by atoms with E-state index in [-0.39, 0.29) is 12.2 Å². The zero-order valence-corrected chi connectivity index (χ0v) is 10.9. The number of ketones is 1. The summed E-state index contributed by atoms with van der Waals surface area (Å²) in [6.07, 6.45) is 0.284. The number of methoxy groups -OCH3 is 2. The minimum absolute atomic E-state index is 0.0483. The van der Waals surface area contributed by atoms with Gasteiger partial charge in [-0.3, -0.25) is 4.79 Å². The predicted octanol–water partition coefficient (Wildman–Crippen LogP) is 2.20. The van der Waals surface area contributed by atoms with Crippen LogP contribution in [0.3, 0.4) is 0 Å². The highest BCUT2D eigenvalue weighted by Gasteiger charge is 2.19. The molecule has 0 aliphatic heterocycles. The Labute approximate surface area is 106 Å². The molecule has 0 saturated heterocycles. The van der Waals surface area contributed by atoms with Gasteiger partial charge < -0.3 is 15.2 Å². The summed E-state index contributed by atoms with van der Waals surface area (Å²) in [5.41, 5.74) is 6.58. The molecule has 4 nitrogen and oxygen atoms in total. The number of hydrogen-bond acceptors (Lipinski definition) is 4. The third-order valence-corrected chi connectivity index (χ3v) is 2.98. The fraction of sp³-hybridized carbons (Fsp3) is 0.417. The molecule has 5 heteroatoms. The van der Waals surface area contributed by atoms with Crippen molar-refractivity contribution < 1.29 is 14.3 Å². The first kappa shape index (κ1) is 13.8. The minimum Gasteiger partial charge on any atom is -0.493 e. The maximum atomic E-state index is 11.9. The zero-order chi connectivity index (χ0) is 13.0. The first-order valence-electron chi connectivity index (χ1n) is 5.21. The molecule has 1 rings (SSSR count). The zero-order valence-electron chi connectivity index (χ0n) is 10.2. The van der Waals surface area contributed by atoms with Crippen molar-refractivity contribution in [2.24, 2.45) is 5.73 Å². The smallest absolute Gasteiger partial charge is 0.179 e. The van der Waals surface area contributed by atoms with Crippen LogP contribution in [0.25, 0.3) is 0 Å². The number of rotatable bonds is 5. The second-order valence-corrected chi connectivity index (χ2v) is 3.94. The standard InChI is InChI=1S/C12H16ClNO3/c1-7-8(9(15)4-5-14)6-10(16-2)12(17-3)11(7)13/h6H,4-5,14H2,1-3H3. The fourth-order valence-corrected chi connectivity index (χ4v) is 1.87. The van der Waals surface area contributed by atoms with Gasteiger partial charge in [-0.25, -0.2) is 0 Å². The van der Waals surface area contributed by atoms with Gasteiger partial charge in [0.15, 0.2) is 17.3 Å². The van der Waals surface area contributed by atoms with E-state index < -0.39 is 0 Å². The normalized spacial score (nSPS) is 10.2. The van der Waals surface area contributed by atoms with Gasteiger partial charge in [0.25, 0.3) is 0 Å². The lowest BCUT2D eigenvalue weighted by molar-refractivity contribution is 0.0984. The number of nitrogens with two attached hydrogens (primary N) is 1. The van der Waals surface area contributed by atoms with Crippen molar-refractivity contribution in [3.05, 3.63) is 22.2 Å². The van der Waals surface area contributed by atoms with Crippen LogP contribution < -0.4 is 15.2 Å². The molecule has 0 atom stereocenters. The maximum Gasteiger partial charge on any atom is 0.179 e. The lowest BCUT2D eigenvalue weighted by atomic mass is 10.0.